The molecule has 1 N–H and O–H groups in total. The molecule has 82 valence electrons. The molecule has 2 heteroatoms. The van der Waals surface area contributed by atoms with E-state index in [1.807, 2.05) is 24.3 Å². The topological polar surface area (TPSA) is 37.3 Å². The van der Waals surface area contributed by atoms with Crippen LogP contribution in [0.1, 0.15) is 30.4 Å². The molecule has 0 aromatic heterocycles. The third kappa shape index (κ3) is 1.49. The Morgan fingerprint density at radius 2 is 2.25 bits per heavy atom. The van der Waals surface area contributed by atoms with Crippen LogP contribution in [0.25, 0.3) is 0 Å². The lowest BCUT2D eigenvalue weighted by Crippen LogP contribution is -2.38. The molecule has 1 aliphatic carbocycles. The van der Waals surface area contributed by atoms with Crippen LogP contribution in [0.15, 0.2) is 24.3 Å². The lowest BCUT2D eigenvalue weighted by molar-refractivity contribution is -0.144. The van der Waals surface area contributed by atoms with E-state index < -0.39 is 11.4 Å². The number of hydrogen-bond donors (Lipinski definition) is 1. The molecule has 2 nitrogen and oxygen atoms in total. The average molecular weight is 214 g/mol. The molecule has 16 heavy (non-hydrogen) atoms. The van der Waals surface area contributed by atoms with E-state index in [0.717, 1.165) is 24.0 Å². The summed E-state index contributed by atoms with van der Waals surface area (Å²) in [5.41, 5.74) is 1.18. The highest BCUT2D eigenvalue weighted by atomic mass is 16.4. The number of carbonyl (C=O) groups is 1. The Morgan fingerprint density at radius 3 is 2.94 bits per heavy atom. The van der Waals surface area contributed by atoms with Crippen molar-refractivity contribution in [3.8, 4) is 12.3 Å². The zero-order valence-electron chi connectivity index (χ0n) is 9.07. The first-order valence-corrected chi connectivity index (χ1v) is 5.46. The molecule has 0 heterocycles. The summed E-state index contributed by atoms with van der Waals surface area (Å²) >= 11 is 0. The summed E-state index contributed by atoms with van der Waals surface area (Å²) in [6.07, 6.45) is 8.09. The van der Waals surface area contributed by atoms with Gasteiger partial charge in [0.2, 0.25) is 0 Å². The monoisotopic (exact) mass is 214 g/mol. The van der Waals surface area contributed by atoms with Crippen molar-refractivity contribution < 1.29 is 9.90 Å². The highest BCUT2D eigenvalue weighted by Gasteiger charge is 2.42. The lowest BCUT2D eigenvalue weighted by atomic mass is 9.68. The van der Waals surface area contributed by atoms with Gasteiger partial charge in [-0.25, -0.2) is 0 Å². The molecule has 1 aromatic carbocycles. The Bertz CT molecular complexity index is 456. The minimum absolute atomic E-state index is 0.277. The molecule has 1 aliphatic rings. The second-order valence-corrected chi connectivity index (χ2v) is 4.28. The first kappa shape index (κ1) is 10.8. The number of carboxylic acids is 1. The van der Waals surface area contributed by atoms with Gasteiger partial charge in [0.05, 0.1) is 0 Å². The first-order valence-electron chi connectivity index (χ1n) is 5.46. The Balaban J connectivity index is 2.57. The number of aryl methyl sites for hydroxylation is 1. The fraction of sp³-hybridized carbons (Fsp3) is 0.357. The van der Waals surface area contributed by atoms with Gasteiger partial charge in [-0.2, -0.15) is 0 Å². The van der Waals surface area contributed by atoms with Crippen LogP contribution >= 0.6 is 0 Å². The van der Waals surface area contributed by atoms with Crippen LogP contribution in [0.2, 0.25) is 0 Å². The summed E-state index contributed by atoms with van der Waals surface area (Å²) < 4.78 is 0. The van der Waals surface area contributed by atoms with E-state index >= 15 is 0 Å². The molecule has 0 radical (unpaired) electrons. The Morgan fingerprint density at radius 1 is 1.50 bits per heavy atom. The van der Waals surface area contributed by atoms with Crippen LogP contribution in [0.5, 0.6) is 0 Å². The summed E-state index contributed by atoms with van der Waals surface area (Å²) in [6.45, 7) is 0. The zero-order chi connectivity index (χ0) is 11.6. The number of hydrogen-bond acceptors (Lipinski definition) is 1. The molecular formula is C14H14O2. The molecule has 1 aromatic rings. The van der Waals surface area contributed by atoms with E-state index in [2.05, 4.69) is 5.92 Å². The first-order chi connectivity index (χ1) is 7.70. The van der Waals surface area contributed by atoms with E-state index in [9.17, 15) is 9.90 Å². The van der Waals surface area contributed by atoms with Crippen LogP contribution in [-0.2, 0) is 16.6 Å². The van der Waals surface area contributed by atoms with Crippen molar-refractivity contribution >= 4 is 5.97 Å². The van der Waals surface area contributed by atoms with Gasteiger partial charge in [0.25, 0.3) is 0 Å². The summed E-state index contributed by atoms with van der Waals surface area (Å²) in [6, 6.07) is 7.74. The number of aliphatic carboxylic acids is 1. The minimum atomic E-state index is -0.858. The Hall–Kier alpha value is -1.75. The van der Waals surface area contributed by atoms with Crippen LogP contribution in [0, 0.1) is 12.3 Å². The SMILES string of the molecule is C#CCC1(C(=O)O)CCCc2ccccc21. The van der Waals surface area contributed by atoms with Crippen molar-refractivity contribution in [2.24, 2.45) is 0 Å². The molecule has 1 unspecified atom stereocenters. The predicted octanol–water partition coefficient (Wildman–Crippen LogP) is 2.37. The van der Waals surface area contributed by atoms with Crippen LogP contribution in [-0.4, -0.2) is 11.1 Å². The number of carboxylic acid groups (broad SMARTS) is 1. The molecule has 0 bridgehead atoms. The lowest BCUT2D eigenvalue weighted by Gasteiger charge is -2.34. The maximum atomic E-state index is 11.5. The Kier molecular flexibility index (Phi) is 2.70. The average Bonchev–Trinajstić information content (AvgIpc) is 2.29. The van der Waals surface area contributed by atoms with E-state index in [-0.39, 0.29) is 6.42 Å². The van der Waals surface area contributed by atoms with Gasteiger partial charge in [-0.05, 0) is 30.4 Å². The van der Waals surface area contributed by atoms with E-state index in [1.165, 1.54) is 0 Å². The van der Waals surface area contributed by atoms with Crippen molar-refractivity contribution in [3.05, 3.63) is 35.4 Å². The number of fused-ring (bicyclic) bond motifs is 1. The second-order valence-electron chi connectivity index (χ2n) is 4.28. The summed E-state index contributed by atoms with van der Waals surface area (Å²) in [5.74, 6) is 1.73. The fourth-order valence-electron chi connectivity index (χ4n) is 2.58. The number of terminal acetylenes is 1. The normalized spacial score (nSPS) is 23.2. The molecule has 1 atom stereocenters. The zero-order valence-corrected chi connectivity index (χ0v) is 9.07. The van der Waals surface area contributed by atoms with Crippen molar-refractivity contribution in [1.82, 2.24) is 0 Å². The summed E-state index contributed by atoms with van der Waals surface area (Å²) in [7, 11) is 0. The van der Waals surface area contributed by atoms with Gasteiger partial charge in [0, 0.05) is 6.42 Å². The van der Waals surface area contributed by atoms with Gasteiger partial charge >= 0.3 is 5.97 Å². The molecule has 2 rings (SSSR count). The van der Waals surface area contributed by atoms with Crippen LogP contribution in [0.3, 0.4) is 0 Å². The largest absolute Gasteiger partial charge is 0.481 e. The van der Waals surface area contributed by atoms with Gasteiger partial charge < -0.3 is 5.11 Å². The van der Waals surface area contributed by atoms with Crippen LogP contribution < -0.4 is 0 Å². The highest BCUT2D eigenvalue weighted by Crippen LogP contribution is 2.40. The second kappa shape index (κ2) is 4.02. The molecule has 0 aliphatic heterocycles. The van der Waals surface area contributed by atoms with Gasteiger partial charge in [-0.1, -0.05) is 24.3 Å². The number of benzene rings is 1. The summed E-state index contributed by atoms with van der Waals surface area (Å²) in [4.78, 5) is 11.5. The molecule has 0 amide bonds. The standard InChI is InChI=1S/C14H14O2/c1-2-9-14(13(15)16)10-5-7-11-6-3-4-8-12(11)14/h1,3-4,6,8H,5,7,9-10H2,(H,15,16). The van der Waals surface area contributed by atoms with Crippen molar-refractivity contribution in [2.45, 2.75) is 31.1 Å². The maximum Gasteiger partial charge on any atom is 0.315 e. The number of rotatable bonds is 2. The van der Waals surface area contributed by atoms with Gasteiger partial charge in [0.1, 0.15) is 5.41 Å². The van der Waals surface area contributed by atoms with Crippen LogP contribution in [0.4, 0.5) is 0 Å². The van der Waals surface area contributed by atoms with Gasteiger partial charge in [-0.15, -0.1) is 12.3 Å². The van der Waals surface area contributed by atoms with Gasteiger partial charge in [0.15, 0.2) is 0 Å². The fourth-order valence-corrected chi connectivity index (χ4v) is 2.58. The molecule has 0 fully saturated rings. The molecule has 0 saturated heterocycles. The molecule has 0 saturated carbocycles. The minimum Gasteiger partial charge on any atom is -0.481 e. The molecule has 0 spiro atoms. The smallest absolute Gasteiger partial charge is 0.315 e. The van der Waals surface area contributed by atoms with E-state index in [1.54, 1.807) is 0 Å². The third-order valence-corrected chi connectivity index (χ3v) is 3.40. The van der Waals surface area contributed by atoms with Crippen molar-refractivity contribution in [1.29, 1.82) is 0 Å². The maximum absolute atomic E-state index is 11.5. The third-order valence-electron chi connectivity index (χ3n) is 3.40. The van der Waals surface area contributed by atoms with Crippen molar-refractivity contribution in [2.75, 3.05) is 0 Å². The quantitative estimate of drug-likeness (QED) is 0.767. The highest BCUT2D eigenvalue weighted by molar-refractivity contribution is 5.82. The van der Waals surface area contributed by atoms with Crippen molar-refractivity contribution in [3.63, 3.8) is 0 Å². The Labute approximate surface area is 95.3 Å². The molecular weight excluding hydrogens is 200 g/mol. The van der Waals surface area contributed by atoms with E-state index in [4.69, 9.17) is 6.42 Å². The van der Waals surface area contributed by atoms with E-state index in [0.29, 0.717) is 6.42 Å². The predicted molar refractivity (Wildman–Crippen MR) is 62.1 cm³/mol. The summed E-state index contributed by atoms with van der Waals surface area (Å²) in [5, 5.41) is 9.47. The van der Waals surface area contributed by atoms with Gasteiger partial charge in [-0.3, -0.25) is 4.79 Å².